The first-order valence-electron chi connectivity index (χ1n) is 6.88. The molecule has 1 saturated carbocycles. The van der Waals surface area contributed by atoms with Crippen LogP contribution in [0.5, 0.6) is 0 Å². The van der Waals surface area contributed by atoms with Crippen molar-refractivity contribution < 1.29 is 4.79 Å². The lowest BCUT2D eigenvalue weighted by Gasteiger charge is -2.11. The van der Waals surface area contributed by atoms with E-state index in [1.807, 2.05) is 30.3 Å². The summed E-state index contributed by atoms with van der Waals surface area (Å²) in [5.41, 5.74) is 8.60. The van der Waals surface area contributed by atoms with Crippen LogP contribution >= 0.6 is 12.4 Å². The number of H-pyrrole nitrogens is 1. The predicted octanol–water partition coefficient (Wildman–Crippen LogP) is 2.56. The fraction of sp³-hybridized carbons (Fsp3) is 0.333. The second-order valence-corrected chi connectivity index (χ2v) is 5.31. The first-order valence-corrected chi connectivity index (χ1v) is 6.88. The number of benzene rings is 1. The van der Waals surface area contributed by atoms with Gasteiger partial charge in [0.05, 0.1) is 5.69 Å². The van der Waals surface area contributed by atoms with Gasteiger partial charge in [-0.3, -0.25) is 9.89 Å². The summed E-state index contributed by atoms with van der Waals surface area (Å²) in [6.45, 7) is 0. The zero-order valence-electron chi connectivity index (χ0n) is 11.6. The molecule has 2 aromatic rings. The lowest BCUT2D eigenvalue weighted by atomic mass is 10.1. The summed E-state index contributed by atoms with van der Waals surface area (Å²) in [5, 5.41) is 9.83. The van der Waals surface area contributed by atoms with Crippen LogP contribution in [0.1, 0.15) is 19.3 Å². The molecule has 112 valence electrons. The highest BCUT2D eigenvalue weighted by Crippen LogP contribution is 2.26. The number of rotatable bonds is 3. The lowest BCUT2D eigenvalue weighted by Crippen LogP contribution is -2.23. The highest BCUT2D eigenvalue weighted by Gasteiger charge is 2.27. The Morgan fingerprint density at radius 2 is 2.19 bits per heavy atom. The van der Waals surface area contributed by atoms with Gasteiger partial charge < -0.3 is 11.1 Å². The zero-order chi connectivity index (χ0) is 13.9. The second kappa shape index (κ2) is 6.74. The minimum Gasteiger partial charge on any atom is -0.328 e. The number of halogens is 1. The summed E-state index contributed by atoms with van der Waals surface area (Å²) >= 11 is 0. The third-order valence-corrected chi connectivity index (χ3v) is 3.79. The standard InChI is InChI=1S/C15H18N4O.ClH/c16-12-5-4-11(8-12)15(20)18-13-3-1-2-10(9-13)14-6-7-17-19-14;/h1-3,6-7,9,11-12H,4-5,8,16H2,(H,17,19)(H,18,20);1H. The van der Waals surface area contributed by atoms with Crippen LogP contribution in [0.3, 0.4) is 0 Å². The monoisotopic (exact) mass is 306 g/mol. The molecular formula is C15H19ClN4O. The molecule has 6 heteroatoms. The van der Waals surface area contributed by atoms with Gasteiger partial charge in [0, 0.05) is 29.4 Å². The first kappa shape index (κ1) is 15.5. The Morgan fingerprint density at radius 3 is 2.86 bits per heavy atom. The molecule has 1 aromatic carbocycles. The molecule has 0 bridgehead atoms. The van der Waals surface area contributed by atoms with Crippen molar-refractivity contribution in [2.45, 2.75) is 25.3 Å². The van der Waals surface area contributed by atoms with Crippen LogP contribution in [0.4, 0.5) is 5.69 Å². The van der Waals surface area contributed by atoms with Gasteiger partial charge in [0.15, 0.2) is 0 Å². The van der Waals surface area contributed by atoms with Gasteiger partial charge in [-0.25, -0.2) is 0 Å². The number of anilines is 1. The average Bonchev–Trinajstić information content (AvgIpc) is 3.10. The molecule has 5 nitrogen and oxygen atoms in total. The molecule has 0 spiro atoms. The third-order valence-electron chi connectivity index (χ3n) is 3.79. The van der Waals surface area contributed by atoms with Gasteiger partial charge in [-0.05, 0) is 37.5 Å². The van der Waals surface area contributed by atoms with Gasteiger partial charge in [-0.2, -0.15) is 5.10 Å². The molecular weight excluding hydrogens is 288 g/mol. The van der Waals surface area contributed by atoms with Crippen molar-refractivity contribution >= 4 is 24.0 Å². The van der Waals surface area contributed by atoms with Crippen LogP contribution in [0.15, 0.2) is 36.5 Å². The second-order valence-electron chi connectivity index (χ2n) is 5.31. The molecule has 0 aliphatic heterocycles. The van der Waals surface area contributed by atoms with E-state index >= 15 is 0 Å². The maximum atomic E-state index is 12.2. The van der Waals surface area contributed by atoms with E-state index in [0.717, 1.165) is 36.2 Å². The summed E-state index contributed by atoms with van der Waals surface area (Å²) in [4.78, 5) is 12.2. The fourth-order valence-corrected chi connectivity index (χ4v) is 2.68. The van der Waals surface area contributed by atoms with Gasteiger partial charge in [-0.15, -0.1) is 12.4 Å². The van der Waals surface area contributed by atoms with E-state index in [4.69, 9.17) is 5.73 Å². The zero-order valence-corrected chi connectivity index (χ0v) is 12.4. The van der Waals surface area contributed by atoms with E-state index in [2.05, 4.69) is 15.5 Å². The van der Waals surface area contributed by atoms with Crippen molar-refractivity contribution in [2.75, 3.05) is 5.32 Å². The Balaban J connectivity index is 0.00000161. The maximum absolute atomic E-state index is 12.2. The van der Waals surface area contributed by atoms with Crippen LogP contribution in [0.2, 0.25) is 0 Å². The number of hydrogen-bond donors (Lipinski definition) is 3. The normalized spacial score (nSPS) is 20.8. The Bertz CT molecular complexity index is 599. The molecule has 1 amide bonds. The Kier molecular flexibility index (Phi) is 4.98. The molecule has 2 unspecified atom stereocenters. The van der Waals surface area contributed by atoms with E-state index < -0.39 is 0 Å². The van der Waals surface area contributed by atoms with Crippen molar-refractivity contribution in [1.82, 2.24) is 10.2 Å². The van der Waals surface area contributed by atoms with E-state index in [1.54, 1.807) is 6.20 Å². The molecule has 1 heterocycles. The van der Waals surface area contributed by atoms with Crippen LogP contribution in [0.25, 0.3) is 11.3 Å². The Morgan fingerprint density at radius 1 is 1.33 bits per heavy atom. The topological polar surface area (TPSA) is 83.8 Å². The van der Waals surface area contributed by atoms with E-state index in [1.165, 1.54) is 0 Å². The number of carbonyl (C=O) groups excluding carboxylic acids is 1. The summed E-state index contributed by atoms with van der Waals surface area (Å²) < 4.78 is 0. The van der Waals surface area contributed by atoms with Gasteiger partial charge in [0.2, 0.25) is 5.91 Å². The van der Waals surface area contributed by atoms with Crippen LogP contribution < -0.4 is 11.1 Å². The number of nitrogens with one attached hydrogen (secondary N) is 2. The molecule has 2 atom stereocenters. The lowest BCUT2D eigenvalue weighted by molar-refractivity contribution is -0.119. The molecule has 1 aliphatic rings. The van der Waals surface area contributed by atoms with E-state index in [0.29, 0.717) is 0 Å². The predicted molar refractivity (Wildman–Crippen MR) is 85.2 cm³/mol. The molecule has 0 radical (unpaired) electrons. The fourth-order valence-electron chi connectivity index (χ4n) is 2.68. The average molecular weight is 307 g/mol. The van der Waals surface area contributed by atoms with Crippen LogP contribution in [-0.2, 0) is 4.79 Å². The maximum Gasteiger partial charge on any atom is 0.227 e. The third kappa shape index (κ3) is 3.62. The number of carbonyl (C=O) groups is 1. The number of nitrogens with two attached hydrogens (primary N) is 1. The van der Waals surface area contributed by atoms with Crippen molar-refractivity contribution in [1.29, 1.82) is 0 Å². The van der Waals surface area contributed by atoms with Gasteiger partial charge in [0.25, 0.3) is 0 Å². The number of aromatic amines is 1. The number of hydrogen-bond acceptors (Lipinski definition) is 3. The molecule has 21 heavy (non-hydrogen) atoms. The Hall–Kier alpha value is -1.85. The smallest absolute Gasteiger partial charge is 0.227 e. The number of nitrogens with zero attached hydrogens (tertiary/aromatic N) is 1. The van der Waals surface area contributed by atoms with E-state index in [9.17, 15) is 4.79 Å². The molecule has 1 aliphatic carbocycles. The number of aromatic nitrogens is 2. The van der Waals surface area contributed by atoms with Gasteiger partial charge >= 0.3 is 0 Å². The highest BCUT2D eigenvalue weighted by molar-refractivity contribution is 5.93. The summed E-state index contributed by atoms with van der Waals surface area (Å²) in [5.74, 6) is 0.112. The molecule has 3 rings (SSSR count). The van der Waals surface area contributed by atoms with Gasteiger partial charge in [-0.1, -0.05) is 12.1 Å². The molecule has 0 saturated heterocycles. The van der Waals surface area contributed by atoms with Gasteiger partial charge in [0.1, 0.15) is 0 Å². The minimum atomic E-state index is 0. The molecule has 4 N–H and O–H groups in total. The SMILES string of the molecule is Cl.NC1CCC(C(=O)Nc2cccc(-c3ccn[nH]3)c2)C1. The number of amides is 1. The van der Waals surface area contributed by atoms with E-state index in [-0.39, 0.29) is 30.3 Å². The van der Waals surface area contributed by atoms with Crippen molar-refractivity contribution in [3.63, 3.8) is 0 Å². The molecule has 1 aromatic heterocycles. The van der Waals surface area contributed by atoms with Crippen molar-refractivity contribution in [3.8, 4) is 11.3 Å². The molecule has 1 fully saturated rings. The van der Waals surface area contributed by atoms with Crippen LogP contribution in [-0.4, -0.2) is 22.1 Å². The quantitative estimate of drug-likeness (QED) is 0.815. The van der Waals surface area contributed by atoms with Crippen molar-refractivity contribution in [3.05, 3.63) is 36.5 Å². The summed E-state index contributed by atoms with van der Waals surface area (Å²) in [7, 11) is 0. The van der Waals surface area contributed by atoms with Crippen LogP contribution in [0, 0.1) is 5.92 Å². The summed E-state index contributed by atoms with van der Waals surface area (Å²) in [6.07, 6.45) is 4.31. The largest absolute Gasteiger partial charge is 0.328 e. The van der Waals surface area contributed by atoms with Crippen molar-refractivity contribution in [2.24, 2.45) is 11.7 Å². The minimum absolute atomic E-state index is 0. The highest BCUT2D eigenvalue weighted by atomic mass is 35.5. The Labute approximate surface area is 129 Å². The summed E-state index contributed by atoms with van der Waals surface area (Å²) in [6, 6.07) is 9.81. The first-order chi connectivity index (χ1) is 9.72.